The Kier molecular flexibility index (Phi) is 4.14. The SMILES string of the molecule is Cc1ccc(CCC(C)CC(=O)O)s1. The van der Waals surface area contributed by atoms with Gasteiger partial charge in [-0.05, 0) is 37.8 Å². The Bertz CT molecular complexity index is 304. The molecule has 0 saturated heterocycles. The number of hydrogen-bond acceptors (Lipinski definition) is 2. The molecule has 0 aliphatic rings. The summed E-state index contributed by atoms with van der Waals surface area (Å²) in [7, 11) is 0. The van der Waals surface area contributed by atoms with Gasteiger partial charge in [0.1, 0.15) is 0 Å². The standard InChI is InChI=1S/C11H16O2S/c1-8(7-11(12)13)3-5-10-6-4-9(2)14-10/h4,6,8H,3,5,7H2,1-2H3,(H,12,13). The number of rotatable bonds is 5. The van der Waals surface area contributed by atoms with Gasteiger partial charge in [-0.15, -0.1) is 11.3 Å². The number of aryl methyl sites for hydroxylation is 2. The molecule has 1 aromatic rings. The summed E-state index contributed by atoms with van der Waals surface area (Å²) in [5.74, 6) is -0.422. The Hall–Kier alpha value is -0.830. The summed E-state index contributed by atoms with van der Waals surface area (Å²) in [6.45, 7) is 4.09. The highest BCUT2D eigenvalue weighted by Crippen LogP contribution is 2.19. The highest BCUT2D eigenvalue weighted by atomic mass is 32.1. The highest BCUT2D eigenvalue weighted by Gasteiger charge is 2.08. The van der Waals surface area contributed by atoms with Gasteiger partial charge in [-0.1, -0.05) is 6.92 Å². The number of carboxylic acid groups (broad SMARTS) is 1. The predicted octanol–water partition coefficient (Wildman–Crippen LogP) is 3.10. The fraction of sp³-hybridized carbons (Fsp3) is 0.545. The molecule has 0 amide bonds. The molecule has 1 aromatic heterocycles. The quantitative estimate of drug-likeness (QED) is 0.814. The van der Waals surface area contributed by atoms with Gasteiger partial charge in [-0.25, -0.2) is 0 Å². The van der Waals surface area contributed by atoms with Crippen LogP contribution in [0.25, 0.3) is 0 Å². The van der Waals surface area contributed by atoms with Gasteiger partial charge < -0.3 is 5.11 Å². The maximum Gasteiger partial charge on any atom is 0.303 e. The first kappa shape index (κ1) is 11.2. The summed E-state index contributed by atoms with van der Waals surface area (Å²) in [5, 5.41) is 8.59. The second-order valence-electron chi connectivity index (χ2n) is 3.75. The molecule has 0 aliphatic heterocycles. The van der Waals surface area contributed by atoms with E-state index in [0.29, 0.717) is 0 Å². The lowest BCUT2D eigenvalue weighted by Crippen LogP contribution is -2.04. The normalized spacial score (nSPS) is 12.7. The van der Waals surface area contributed by atoms with Gasteiger partial charge >= 0.3 is 5.97 Å². The molecule has 3 heteroatoms. The van der Waals surface area contributed by atoms with Crippen molar-refractivity contribution in [2.75, 3.05) is 0 Å². The van der Waals surface area contributed by atoms with Crippen LogP contribution < -0.4 is 0 Å². The Morgan fingerprint density at radius 1 is 1.57 bits per heavy atom. The minimum atomic E-state index is -0.695. The highest BCUT2D eigenvalue weighted by molar-refractivity contribution is 7.11. The van der Waals surface area contributed by atoms with Crippen molar-refractivity contribution >= 4 is 17.3 Å². The van der Waals surface area contributed by atoms with Gasteiger partial charge in [0.15, 0.2) is 0 Å². The van der Waals surface area contributed by atoms with Gasteiger partial charge in [0.2, 0.25) is 0 Å². The lowest BCUT2D eigenvalue weighted by Gasteiger charge is -2.06. The van der Waals surface area contributed by atoms with Crippen molar-refractivity contribution in [3.8, 4) is 0 Å². The van der Waals surface area contributed by atoms with Crippen LogP contribution in [-0.4, -0.2) is 11.1 Å². The van der Waals surface area contributed by atoms with Crippen molar-refractivity contribution in [1.82, 2.24) is 0 Å². The van der Waals surface area contributed by atoms with Crippen LogP contribution in [0, 0.1) is 12.8 Å². The molecule has 0 aliphatic carbocycles. The fourth-order valence-electron chi connectivity index (χ4n) is 1.41. The van der Waals surface area contributed by atoms with Crippen molar-refractivity contribution in [3.05, 3.63) is 21.9 Å². The van der Waals surface area contributed by atoms with Gasteiger partial charge in [0.25, 0.3) is 0 Å². The number of carbonyl (C=O) groups is 1. The van der Waals surface area contributed by atoms with E-state index in [1.807, 2.05) is 6.92 Å². The van der Waals surface area contributed by atoms with E-state index in [-0.39, 0.29) is 12.3 Å². The fourth-order valence-corrected chi connectivity index (χ4v) is 2.31. The number of hydrogen-bond donors (Lipinski definition) is 1. The Morgan fingerprint density at radius 2 is 2.29 bits per heavy atom. The molecular weight excluding hydrogens is 196 g/mol. The molecule has 0 fully saturated rings. The van der Waals surface area contributed by atoms with Crippen LogP contribution in [0.5, 0.6) is 0 Å². The zero-order valence-electron chi connectivity index (χ0n) is 8.62. The number of carboxylic acids is 1. The van der Waals surface area contributed by atoms with E-state index in [1.165, 1.54) is 9.75 Å². The average Bonchev–Trinajstić information content (AvgIpc) is 2.47. The van der Waals surface area contributed by atoms with Crippen LogP contribution in [0.4, 0.5) is 0 Å². The van der Waals surface area contributed by atoms with Crippen molar-refractivity contribution < 1.29 is 9.90 Å². The molecule has 1 unspecified atom stereocenters. The summed E-state index contributed by atoms with van der Waals surface area (Å²) in [4.78, 5) is 13.1. The monoisotopic (exact) mass is 212 g/mol. The summed E-state index contributed by atoms with van der Waals surface area (Å²) >= 11 is 1.80. The molecule has 14 heavy (non-hydrogen) atoms. The summed E-state index contributed by atoms with van der Waals surface area (Å²) in [6, 6.07) is 4.25. The molecule has 1 N–H and O–H groups in total. The first-order valence-electron chi connectivity index (χ1n) is 4.85. The molecule has 1 heterocycles. The van der Waals surface area contributed by atoms with Crippen molar-refractivity contribution in [2.45, 2.75) is 33.1 Å². The van der Waals surface area contributed by atoms with Crippen LogP contribution in [0.15, 0.2) is 12.1 Å². The van der Waals surface area contributed by atoms with E-state index >= 15 is 0 Å². The van der Waals surface area contributed by atoms with Crippen molar-refractivity contribution in [3.63, 3.8) is 0 Å². The molecule has 0 radical (unpaired) electrons. The maximum absolute atomic E-state index is 10.4. The van der Waals surface area contributed by atoms with Gasteiger partial charge in [-0.2, -0.15) is 0 Å². The molecular formula is C11H16O2S. The summed E-state index contributed by atoms with van der Waals surface area (Å²) in [5.41, 5.74) is 0. The second kappa shape index (κ2) is 5.15. The number of aliphatic carboxylic acids is 1. The first-order valence-corrected chi connectivity index (χ1v) is 5.66. The zero-order chi connectivity index (χ0) is 10.6. The minimum absolute atomic E-state index is 0.273. The lowest BCUT2D eigenvalue weighted by molar-refractivity contribution is -0.138. The van der Waals surface area contributed by atoms with Crippen LogP contribution >= 0.6 is 11.3 Å². The Morgan fingerprint density at radius 3 is 2.79 bits per heavy atom. The van der Waals surface area contributed by atoms with E-state index in [2.05, 4.69) is 19.1 Å². The predicted molar refractivity (Wildman–Crippen MR) is 58.8 cm³/mol. The van der Waals surface area contributed by atoms with Crippen LogP contribution in [0.3, 0.4) is 0 Å². The Labute approximate surface area is 88.6 Å². The Balaban J connectivity index is 2.30. The minimum Gasteiger partial charge on any atom is -0.481 e. The molecule has 78 valence electrons. The maximum atomic E-state index is 10.4. The second-order valence-corrected chi connectivity index (χ2v) is 5.13. The van der Waals surface area contributed by atoms with Crippen molar-refractivity contribution in [1.29, 1.82) is 0 Å². The lowest BCUT2D eigenvalue weighted by atomic mass is 10.0. The van der Waals surface area contributed by atoms with E-state index in [0.717, 1.165) is 12.8 Å². The van der Waals surface area contributed by atoms with Crippen LogP contribution in [0.1, 0.15) is 29.5 Å². The van der Waals surface area contributed by atoms with E-state index < -0.39 is 5.97 Å². The summed E-state index contributed by atoms with van der Waals surface area (Å²) < 4.78 is 0. The summed E-state index contributed by atoms with van der Waals surface area (Å²) in [6.07, 6.45) is 2.25. The third kappa shape index (κ3) is 3.92. The molecule has 0 saturated carbocycles. The molecule has 0 bridgehead atoms. The topological polar surface area (TPSA) is 37.3 Å². The largest absolute Gasteiger partial charge is 0.481 e. The zero-order valence-corrected chi connectivity index (χ0v) is 9.43. The van der Waals surface area contributed by atoms with Crippen LogP contribution in [-0.2, 0) is 11.2 Å². The number of thiophene rings is 1. The van der Waals surface area contributed by atoms with Gasteiger partial charge in [0, 0.05) is 16.2 Å². The smallest absolute Gasteiger partial charge is 0.303 e. The van der Waals surface area contributed by atoms with Crippen molar-refractivity contribution in [2.24, 2.45) is 5.92 Å². The molecule has 2 nitrogen and oxygen atoms in total. The third-order valence-corrected chi connectivity index (χ3v) is 3.26. The van der Waals surface area contributed by atoms with E-state index in [1.54, 1.807) is 11.3 Å². The molecule has 0 spiro atoms. The van der Waals surface area contributed by atoms with E-state index in [9.17, 15) is 4.79 Å². The van der Waals surface area contributed by atoms with Crippen LogP contribution in [0.2, 0.25) is 0 Å². The molecule has 1 atom stereocenters. The average molecular weight is 212 g/mol. The third-order valence-electron chi connectivity index (χ3n) is 2.20. The van der Waals surface area contributed by atoms with E-state index in [4.69, 9.17) is 5.11 Å². The first-order chi connectivity index (χ1) is 6.58. The van der Waals surface area contributed by atoms with Gasteiger partial charge in [-0.3, -0.25) is 4.79 Å². The van der Waals surface area contributed by atoms with Gasteiger partial charge in [0.05, 0.1) is 0 Å². The molecule has 0 aromatic carbocycles. The molecule has 1 rings (SSSR count).